The number of para-hydroxylation sites is 1. The van der Waals surface area contributed by atoms with E-state index in [-0.39, 0.29) is 5.84 Å². The van der Waals surface area contributed by atoms with Crippen LogP contribution in [0.15, 0.2) is 33.8 Å². The molecule has 0 spiro atoms. The lowest BCUT2D eigenvalue weighted by Crippen LogP contribution is -2.14. The Labute approximate surface area is 87.0 Å². The molecule has 0 unspecified atom stereocenters. The Balaban J connectivity index is 2.78. The van der Waals surface area contributed by atoms with Crippen LogP contribution in [0.4, 0.5) is 0 Å². The van der Waals surface area contributed by atoms with Gasteiger partial charge in [0.25, 0.3) is 0 Å². The number of hydrogen-bond donors (Lipinski definition) is 2. The Morgan fingerprint density at radius 2 is 2.20 bits per heavy atom. The van der Waals surface area contributed by atoms with Gasteiger partial charge in [-0.25, -0.2) is 0 Å². The summed E-state index contributed by atoms with van der Waals surface area (Å²) in [6.07, 6.45) is 0.709. The fourth-order valence-electron chi connectivity index (χ4n) is 1.68. The van der Waals surface area contributed by atoms with Crippen LogP contribution < -0.4 is 5.73 Å². The molecular formula is C11H12N2O2. The predicted molar refractivity (Wildman–Crippen MR) is 58.1 cm³/mol. The average molecular weight is 204 g/mol. The zero-order valence-electron chi connectivity index (χ0n) is 8.40. The molecule has 0 aliphatic carbocycles. The number of nitrogens with two attached hydrogens (primary N) is 1. The minimum atomic E-state index is 0.0943. The summed E-state index contributed by atoms with van der Waals surface area (Å²) in [6.45, 7) is 1.96. The molecule has 0 amide bonds. The SMILES string of the molecule is CCc1oc2ccccc2c1/C(N)=N/O. The first-order valence-electron chi connectivity index (χ1n) is 4.76. The van der Waals surface area contributed by atoms with Crippen molar-refractivity contribution in [1.29, 1.82) is 0 Å². The van der Waals surface area contributed by atoms with Gasteiger partial charge in [-0.3, -0.25) is 0 Å². The van der Waals surface area contributed by atoms with E-state index >= 15 is 0 Å². The third-order valence-corrected chi connectivity index (χ3v) is 2.35. The molecule has 78 valence electrons. The maximum absolute atomic E-state index is 8.71. The van der Waals surface area contributed by atoms with E-state index in [1.54, 1.807) is 0 Å². The highest BCUT2D eigenvalue weighted by atomic mass is 16.4. The Morgan fingerprint density at radius 1 is 1.47 bits per heavy atom. The number of hydrogen-bond acceptors (Lipinski definition) is 3. The second kappa shape index (κ2) is 3.65. The van der Waals surface area contributed by atoms with Gasteiger partial charge < -0.3 is 15.4 Å². The third kappa shape index (κ3) is 1.44. The van der Waals surface area contributed by atoms with E-state index in [9.17, 15) is 0 Å². The Kier molecular flexibility index (Phi) is 2.33. The van der Waals surface area contributed by atoms with Gasteiger partial charge in [0.1, 0.15) is 11.3 Å². The maximum Gasteiger partial charge on any atom is 0.174 e. The normalized spacial score (nSPS) is 12.2. The minimum Gasteiger partial charge on any atom is -0.460 e. The van der Waals surface area contributed by atoms with Gasteiger partial charge >= 0.3 is 0 Å². The highest BCUT2D eigenvalue weighted by Crippen LogP contribution is 2.25. The van der Waals surface area contributed by atoms with Gasteiger partial charge in [-0.2, -0.15) is 0 Å². The van der Waals surface area contributed by atoms with E-state index in [2.05, 4.69) is 5.16 Å². The van der Waals surface area contributed by atoms with Crippen LogP contribution in [0.1, 0.15) is 18.2 Å². The van der Waals surface area contributed by atoms with Gasteiger partial charge in [0.2, 0.25) is 0 Å². The highest BCUT2D eigenvalue weighted by molar-refractivity contribution is 6.09. The summed E-state index contributed by atoms with van der Waals surface area (Å²) in [7, 11) is 0. The molecule has 2 aromatic rings. The second-order valence-electron chi connectivity index (χ2n) is 3.24. The van der Waals surface area contributed by atoms with Crippen LogP contribution in [0.3, 0.4) is 0 Å². The molecule has 15 heavy (non-hydrogen) atoms. The molecule has 0 fully saturated rings. The first-order chi connectivity index (χ1) is 7.27. The Morgan fingerprint density at radius 3 is 2.87 bits per heavy atom. The highest BCUT2D eigenvalue weighted by Gasteiger charge is 2.15. The fourth-order valence-corrected chi connectivity index (χ4v) is 1.68. The van der Waals surface area contributed by atoms with E-state index in [0.29, 0.717) is 12.0 Å². The summed E-state index contributed by atoms with van der Waals surface area (Å²) in [5.41, 5.74) is 7.07. The van der Waals surface area contributed by atoms with Crippen molar-refractivity contribution >= 4 is 16.8 Å². The smallest absolute Gasteiger partial charge is 0.174 e. The van der Waals surface area contributed by atoms with Crippen molar-refractivity contribution in [2.24, 2.45) is 10.9 Å². The van der Waals surface area contributed by atoms with Crippen molar-refractivity contribution < 1.29 is 9.62 Å². The monoisotopic (exact) mass is 204 g/mol. The number of nitrogens with zero attached hydrogens (tertiary/aromatic N) is 1. The molecule has 4 heteroatoms. The summed E-state index contributed by atoms with van der Waals surface area (Å²) < 4.78 is 5.60. The molecule has 4 nitrogen and oxygen atoms in total. The van der Waals surface area contributed by atoms with Crippen LogP contribution in [0.5, 0.6) is 0 Å². The van der Waals surface area contributed by atoms with Gasteiger partial charge in [-0.1, -0.05) is 30.3 Å². The van der Waals surface area contributed by atoms with Crippen LogP contribution in [-0.2, 0) is 6.42 Å². The molecule has 0 atom stereocenters. The van der Waals surface area contributed by atoms with E-state index in [4.69, 9.17) is 15.4 Å². The zero-order valence-corrected chi connectivity index (χ0v) is 8.40. The number of amidine groups is 1. The summed E-state index contributed by atoms with van der Waals surface area (Å²) in [5, 5.41) is 12.6. The molecule has 0 aliphatic rings. The first-order valence-corrected chi connectivity index (χ1v) is 4.76. The molecule has 3 N–H and O–H groups in total. The van der Waals surface area contributed by atoms with E-state index in [1.807, 2.05) is 31.2 Å². The van der Waals surface area contributed by atoms with E-state index in [1.165, 1.54) is 0 Å². The van der Waals surface area contributed by atoms with Crippen LogP contribution in [0.25, 0.3) is 11.0 Å². The zero-order chi connectivity index (χ0) is 10.8. The van der Waals surface area contributed by atoms with E-state index in [0.717, 1.165) is 16.7 Å². The van der Waals surface area contributed by atoms with Crippen LogP contribution >= 0.6 is 0 Å². The molecule has 1 heterocycles. The maximum atomic E-state index is 8.71. The van der Waals surface area contributed by atoms with Crippen molar-refractivity contribution in [1.82, 2.24) is 0 Å². The van der Waals surface area contributed by atoms with Crippen molar-refractivity contribution in [2.75, 3.05) is 0 Å². The molecular weight excluding hydrogens is 192 g/mol. The molecule has 0 saturated carbocycles. The lowest BCUT2D eigenvalue weighted by molar-refractivity contribution is 0.318. The predicted octanol–water partition coefficient (Wildman–Crippen LogP) is 2.09. The summed E-state index contributed by atoms with van der Waals surface area (Å²) >= 11 is 0. The Bertz CT molecular complexity index is 514. The number of aryl methyl sites for hydroxylation is 1. The average Bonchev–Trinajstić information content (AvgIpc) is 2.66. The first kappa shape index (κ1) is 9.58. The van der Waals surface area contributed by atoms with Gasteiger partial charge in [0, 0.05) is 11.8 Å². The topological polar surface area (TPSA) is 71.8 Å². The summed E-state index contributed by atoms with van der Waals surface area (Å²) in [6, 6.07) is 7.54. The number of oxime groups is 1. The second-order valence-corrected chi connectivity index (χ2v) is 3.24. The van der Waals surface area contributed by atoms with Crippen molar-refractivity contribution in [3.05, 3.63) is 35.6 Å². The number of rotatable bonds is 2. The minimum absolute atomic E-state index is 0.0943. The third-order valence-electron chi connectivity index (χ3n) is 2.35. The van der Waals surface area contributed by atoms with Crippen molar-refractivity contribution in [3.8, 4) is 0 Å². The van der Waals surface area contributed by atoms with Crippen molar-refractivity contribution in [2.45, 2.75) is 13.3 Å². The van der Waals surface area contributed by atoms with Gasteiger partial charge in [-0.15, -0.1) is 0 Å². The molecule has 0 saturated heterocycles. The molecule has 0 bridgehead atoms. The van der Waals surface area contributed by atoms with Gasteiger partial charge in [0.15, 0.2) is 5.84 Å². The number of fused-ring (bicyclic) bond motifs is 1. The fraction of sp³-hybridized carbons (Fsp3) is 0.182. The number of benzene rings is 1. The van der Waals surface area contributed by atoms with Crippen LogP contribution in [0.2, 0.25) is 0 Å². The van der Waals surface area contributed by atoms with Gasteiger partial charge in [-0.05, 0) is 6.07 Å². The summed E-state index contributed by atoms with van der Waals surface area (Å²) in [4.78, 5) is 0. The lowest BCUT2D eigenvalue weighted by Gasteiger charge is -1.97. The largest absolute Gasteiger partial charge is 0.460 e. The van der Waals surface area contributed by atoms with Crippen LogP contribution in [0, 0.1) is 0 Å². The van der Waals surface area contributed by atoms with Gasteiger partial charge in [0.05, 0.1) is 5.56 Å². The van der Waals surface area contributed by atoms with E-state index < -0.39 is 0 Å². The molecule has 1 aromatic heterocycles. The number of furan rings is 1. The molecule has 2 rings (SSSR count). The standard InChI is InChI=1S/C11H12N2O2/c1-2-8-10(11(12)13-14)7-5-3-4-6-9(7)15-8/h3-6,14H,2H2,1H3,(H2,12,13). The quantitative estimate of drug-likeness (QED) is 0.340. The lowest BCUT2D eigenvalue weighted by atomic mass is 10.1. The molecule has 0 radical (unpaired) electrons. The van der Waals surface area contributed by atoms with Crippen molar-refractivity contribution in [3.63, 3.8) is 0 Å². The summed E-state index contributed by atoms with van der Waals surface area (Å²) in [5.74, 6) is 0.836. The molecule has 0 aliphatic heterocycles. The Hall–Kier alpha value is -1.97. The molecule has 1 aromatic carbocycles. The van der Waals surface area contributed by atoms with Crippen LogP contribution in [-0.4, -0.2) is 11.0 Å².